The summed E-state index contributed by atoms with van der Waals surface area (Å²) in [5.74, 6) is 1.25. The smallest absolute Gasteiger partial charge is 0.152 e. The molecule has 16 heavy (non-hydrogen) atoms. The summed E-state index contributed by atoms with van der Waals surface area (Å²) in [5, 5.41) is 12.0. The molecule has 0 unspecified atom stereocenters. The predicted octanol–water partition coefficient (Wildman–Crippen LogP) is 0.227. The van der Waals surface area contributed by atoms with Crippen molar-refractivity contribution in [3.05, 3.63) is 11.9 Å². The lowest BCUT2D eigenvalue weighted by Gasteiger charge is -2.28. The normalized spacial score (nSPS) is 15.6. The van der Waals surface area contributed by atoms with Crippen LogP contribution in [0.3, 0.4) is 0 Å². The number of ether oxygens (including phenoxy) is 1. The highest BCUT2D eigenvalue weighted by Gasteiger charge is 2.18. The van der Waals surface area contributed by atoms with E-state index in [-0.39, 0.29) is 0 Å². The highest BCUT2D eigenvalue weighted by Crippen LogP contribution is 2.22. The zero-order valence-corrected chi connectivity index (χ0v) is 9.10. The van der Waals surface area contributed by atoms with E-state index < -0.39 is 0 Å². The Morgan fingerprint density at radius 3 is 2.81 bits per heavy atom. The Morgan fingerprint density at radius 2 is 2.19 bits per heavy atom. The van der Waals surface area contributed by atoms with Crippen molar-refractivity contribution in [3.8, 4) is 6.07 Å². The molecule has 6 nitrogen and oxygen atoms in total. The van der Waals surface area contributed by atoms with Crippen LogP contribution in [0.15, 0.2) is 6.33 Å². The first kappa shape index (κ1) is 10.6. The Hall–Kier alpha value is -1.87. The van der Waals surface area contributed by atoms with E-state index in [0.29, 0.717) is 30.4 Å². The maximum absolute atomic E-state index is 9.13. The van der Waals surface area contributed by atoms with E-state index in [1.807, 2.05) is 4.90 Å². The first-order chi connectivity index (χ1) is 7.86. The van der Waals surface area contributed by atoms with Crippen molar-refractivity contribution in [2.75, 3.05) is 43.6 Å². The molecule has 6 heteroatoms. The summed E-state index contributed by atoms with van der Waals surface area (Å²) in [6.07, 6.45) is 1.47. The lowest BCUT2D eigenvalue weighted by Crippen LogP contribution is -2.37. The van der Waals surface area contributed by atoms with E-state index in [9.17, 15) is 0 Å². The third kappa shape index (κ3) is 1.90. The van der Waals surface area contributed by atoms with Gasteiger partial charge in [0.1, 0.15) is 23.8 Å². The molecule has 1 N–H and O–H groups in total. The minimum atomic E-state index is 0.493. The quantitative estimate of drug-likeness (QED) is 0.767. The number of anilines is 2. The molecule has 1 aromatic rings. The minimum Gasteiger partial charge on any atom is -0.378 e. The van der Waals surface area contributed by atoms with Crippen molar-refractivity contribution >= 4 is 11.6 Å². The number of hydrogen-bond donors (Lipinski definition) is 1. The molecule has 1 saturated heterocycles. The first-order valence-electron chi connectivity index (χ1n) is 5.12. The average molecular weight is 219 g/mol. The van der Waals surface area contributed by atoms with Crippen molar-refractivity contribution < 1.29 is 4.74 Å². The van der Waals surface area contributed by atoms with Gasteiger partial charge in [0, 0.05) is 20.1 Å². The number of hydrogen-bond acceptors (Lipinski definition) is 6. The molecule has 0 amide bonds. The third-order valence-electron chi connectivity index (χ3n) is 2.49. The SMILES string of the molecule is CNc1ncnc(N2CCOCC2)c1C#N. The second kappa shape index (κ2) is 4.77. The topological polar surface area (TPSA) is 74.1 Å². The standard InChI is InChI=1S/C10H13N5O/c1-12-9-8(6-11)10(14-7-13-9)15-2-4-16-5-3-15/h7H,2-5H2,1H3,(H,12,13,14). The van der Waals surface area contributed by atoms with E-state index in [2.05, 4.69) is 21.4 Å². The summed E-state index contributed by atoms with van der Waals surface area (Å²) >= 11 is 0. The lowest BCUT2D eigenvalue weighted by atomic mass is 10.2. The maximum Gasteiger partial charge on any atom is 0.152 e. The Balaban J connectivity index is 2.35. The van der Waals surface area contributed by atoms with Gasteiger partial charge in [-0.05, 0) is 0 Å². The van der Waals surface area contributed by atoms with E-state index in [1.54, 1.807) is 7.05 Å². The van der Waals surface area contributed by atoms with Crippen LogP contribution in [0.5, 0.6) is 0 Å². The molecule has 0 spiro atoms. The van der Waals surface area contributed by atoms with Gasteiger partial charge in [0.15, 0.2) is 5.82 Å². The van der Waals surface area contributed by atoms with Crippen LogP contribution in [0.2, 0.25) is 0 Å². The molecular weight excluding hydrogens is 206 g/mol. The predicted molar refractivity (Wildman–Crippen MR) is 59.3 cm³/mol. The van der Waals surface area contributed by atoms with Crippen LogP contribution in [-0.2, 0) is 4.74 Å². The summed E-state index contributed by atoms with van der Waals surface area (Å²) in [6, 6.07) is 2.14. The van der Waals surface area contributed by atoms with Gasteiger partial charge in [-0.15, -0.1) is 0 Å². The molecule has 1 aliphatic rings. The van der Waals surface area contributed by atoms with Crippen molar-refractivity contribution in [2.24, 2.45) is 0 Å². The lowest BCUT2D eigenvalue weighted by molar-refractivity contribution is 0.122. The molecule has 0 aliphatic carbocycles. The second-order valence-electron chi connectivity index (χ2n) is 3.38. The van der Waals surface area contributed by atoms with Gasteiger partial charge in [-0.3, -0.25) is 0 Å². The average Bonchev–Trinajstić information content (AvgIpc) is 2.38. The molecule has 1 aliphatic heterocycles. The Morgan fingerprint density at radius 1 is 1.44 bits per heavy atom. The molecule has 0 atom stereocenters. The van der Waals surface area contributed by atoms with Crippen molar-refractivity contribution in [3.63, 3.8) is 0 Å². The molecule has 0 saturated carbocycles. The molecule has 0 bridgehead atoms. The second-order valence-corrected chi connectivity index (χ2v) is 3.38. The zero-order valence-electron chi connectivity index (χ0n) is 9.10. The van der Waals surface area contributed by atoms with Gasteiger partial charge in [0.2, 0.25) is 0 Å². The van der Waals surface area contributed by atoms with Crippen LogP contribution in [0.1, 0.15) is 5.56 Å². The fourth-order valence-corrected chi connectivity index (χ4v) is 1.68. The summed E-state index contributed by atoms with van der Waals surface area (Å²) in [6.45, 7) is 2.86. The van der Waals surface area contributed by atoms with Gasteiger partial charge in [-0.25, -0.2) is 9.97 Å². The molecular formula is C10H13N5O. The number of nitrogens with one attached hydrogen (secondary N) is 1. The number of nitriles is 1. The largest absolute Gasteiger partial charge is 0.378 e. The Kier molecular flexibility index (Phi) is 3.17. The summed E-state index contributed by atoms with van der Waals surface area (Å²) in [5.41, 5.74) is 0.493. The van der Waals surface area contributed by atoms with E-state index in [0.717, 1.165) is 13.1 Å². The number of aromatic nitrogens is 2. The van der Waals surface area contributed by atoms with Gasteiger partial charge >= 0.3 is 0 Å². The number of nitrogens with zero attached hydrogens (tertiary/aromatic N) is 4. The van der Waals surface area contributed by atoms with Crippen molar-refractivity contribution in [1.82, 2.24) is 9.97 Å². The zero-order chi connectivity index (χ0) is 11.4. The van der Waals surface area contributed by atoms with Gasteiger partial charge < -0.3 is 15.0 Å². The van der Waals surface area contributed by atoms with Gasteiger partial charge in [-0.2, -0.15) is 5.26 Å². The molecule has 84 valence electrons. The fraction of sp³-hybridized carbons (Fsp3) is 0.500. The molecule has 1 aromatic heterocycles. The fourth-order valence-electron chi connectivity index (χ4n) is 1.68. The van der Waals surface area contributed by atoms with Crippen LogP contribution < -0.4 is 10.2 Å². The third-order valence-corrected chi connectivity index (χ3v) is 2.49. The maximum atomic E-state index is 9.13. The van der Waals surface area contributed by atoms with Crippen LogP contribution in [0.25, 0.3) is 0 Å². The van der Waals surface area contributed by atoms with Crippen molar-refractivity contribution in [1.29, 1.82) is 5.26 Å². The molecule has 0 radical (unpaired) electrons. The van der Waals surface area contributed by atoms with Gasteiger partial charge in [0.05, 0.1) is 13.2 Å². The Labute approximate surface area is 93.9 Å². The van der Waals surface area contributed by atoms with Crippen LogP contribution in [0.4, 0.5) is 11.6 Å². The van der Waals surface area contributed by atoms with Crippen LogP contribution in [-0.4, -0.2) is 43.3 Å². The van der Waals surface area contributed by atoms with Crippen LogP contribution >= 0.6 is 0 Å². The highest BCUT2D eigenvalue weighted by molar-refractivity contribution is 5.65. The number of rotatable bonds is 2. The molecule has 2 heterocycles. The van der Waals surface area contributed by atoms with Crippen LogP contribution in [0, 0.1) is 11.3 Å². The van der Waals surface area contributed by atoms with E-state index >= 15 is 0 Å². The first-order valence-corrected chi connectivity index (χ1v) is 5.12. The number of morpholine rings is 1. The van der Waals surface area contributed by atoms with Crippen molar-refractivity contribution in [2.45, 2.75) is 0 Å². The van der Waals surface area contributed by atoms with Gasteiger partial charge in [-0.1, -0.05) is 0 Å². The highest BCUT2D eigenvalue weighted by atomic mass is 16.5. The van der Waals surface area contributed by atoms with E-state index in [4.69, 9.17) is 10.00 Å². The summed E-state index contributed by atoms with van der Waals surface area (Å²) < 4.78 is 5.27. The molecule has 2 rings (SSSR count). The molecule has 0 aromatic carbocycles. The minimum absolute atomic E-state index is 0.493. The summed E-state index contributed by atoms with van der Waals surface area (Å²) in [4.78, 5) is 10.2. The molecule has 1 fully saturated rings. The Bertz CT molecular complexity index is 408. The summed E-state index contributed by atoms with van der Waals surface area (Å²) in [7, 11) is 1.74. The van der Waals surface area contributed by atoms with E-state index in [1.165, 1.54) is 6.33 Å². The van der Waals surface area contributed by atoms with Gasteiger partial charge in [0.25, 0.3) is 0 Å². The monoisotopic (exact) mass is 219 g/mol.